The zero-order chi connectivity index (χ0) is 17.9. The van der Waals surface area contributed by atoms with E-state index in [0.717, 1.165) is 0 Å². The molecule has 0 fully saturated rings. The highest BCUT2D eigenvalue weighted by Gasteiger charge is 2.25. The third kappa shape index (κ3) is 3.94. The first kappa shape index (κ1) is 18.0. The number of carbonyl (C=O) groups excluding carboxylic acids is 1. The minimum absolute atomic E-state index is 0.0219. The summed E-state index contributed by atoms with van der Waals surface area (Å²) in [7, 11) is 0. The third-order valence-electron chi connectivity index (χ3n) is 3.02. The highest BCUT2D eigenvalue weighted by Crippen LogP contribution is 2.29. The number of carbonyl (C=O) groups is 1. The van der Waals surface area contributed by atoms with Crippen molar-refractivity contribution in [3.05, 3.63) is 57.2 Å². The van der Waals surface area contributed by atoms with Crippen molar-refractivity contribution in [3.8, 4) is 0 Å². The first-order valence-electron chi connectivity index (χ1n) is 6.91. The fourth-order valence-corrected chi connectivity index (χ4v) is 2.02. The molecule has 1 aromatic carbocycles. The molecule has 0 bridgehead atoms. The Hall–Kier alpha value is -2.36. The van der Waals surface area contributed by atoms with Crippen molar-refractivity contribution in [3.63, 3.8) is 0 Å². The van der Waals surface area contributed by atoms with Crippen molar-refractivity contribution in [2.45, 2.75) is 26.2 Å². The second-order valence-corrected chi connectivity index (χ2v) is 6.70. The largest absolute Gasteiger partial charge is 0.360 e. The van der Waals surface area contributed by atoms with Crippen molar-refractivity contribution in [2.24, 2.45) is 5.10 Å². The van der Waals surface area contributed by atoms with E-state index in [-0.39, 0.29) is 22.0 Å². The van der Waals surface area contributed by atoms with Gasteiger partial charge >= 0.3 is 5.84 Å². The quantitative estimate of drug-likeness (QED) is 0.278. The molecule has 124 valence electrons. The van der Waals surface area contributed by atoms with Crippen LogP contribution in [-0.4, -0.2) is 16.8 Å². The lowest BCUT2D eigenvalue weighted by Gasteiger charge is -2.11. The van der Waals surface area contributed by atoms with Crippen LogP contribution in [0, 0.1) is 6.57 Å². The number of nitrogens with one attached hydrogen (secondary N) is 1. The minimum atomic E-state index is -0.644. The van der Waals surface area contributed by atoms with Gasteiger partial charge in [-0.2, -0.15) is 0 Å². The van der Waals surface area contributed by atoms with Crippen LogP contribution in [0.25, 0.3) is 4.85 Å². The molecule has 0 radical (unpaired) electrons. The number of hydrogen-bond donors (Lipinski definition) is 1. The van der Waals surface area contributed by atoms with Crippen molar-refractivity contribution < 1.29 is 9.32 Å². The van der Waals surface area contributed by atoms with Gasteiger partial charge in [-0.25, -0.2) is 5.43 Å². The van der Waals surface area contributed by atoms with Gasteiger partial charge in [0.05, 0.1) is 15.7 Å². The molecule has 0 saturated heterocycles. The van der Waals surface area contributed by atoms with E-state index < -0.39 is 5.78 Å². The zero-order valence-electron chi connectivity index (χ0n) is 13.2. The number of hydrazone groups is 1. The number of rotatable bonds is 4. The van der Waals surface area contributed by atoms with E-state index in [1.165, 1.54) is 6.07 Å². The zero-order valence-corrected chi connectivity index (χ0v) is 14.7. The fraction of sp³-hybridized carbons (Fsp3) is 0.250. The molecule has 0 saturated carbocycles. The summed E-state index contributed by atoms with van der Waals surface area (Å²) in [5.41, 5.74) is 2.68. The van der Waals surface area contributed by atoms with E-state index in [0.29, 0.717) is 16.5 Å². The SMILES string of the molecule is [C-]#[N+]/C(=N\Nc1cccc(Cl)c1Cl)C(=O)c1cc(C(C)(C)C)on1. The van der Waals surface area contributed by atoms with Gasteiger partial charge in [-0.15, -0.1) is 0 Å². The maximum Gasteiger partial charge on any atom is 0.343 e. The molecule has 1 aromatic heterocycles. The topological polar surface area (TPSA) is 71.8 Å². The molecule has 0 unspecified atom stereocenters. The molecule has 0 amide bonds. The lowest BCUT2D eigenvalue weighted by atomic mass is 9.93. The van der Waals surface area contributed by atoms with Gasteiger partial charge in [0, 0.05) is 11.5 Å². The first-order valence-corrected chi connectivity index (χ1v) is 7.66. The van der Waals surface area contributed by atoms with Gasteiger partial charge in [-0.3, -0.25) is 4.79 Å². The van der Waals surface area contributed by atoms with E-state index in [2.05, 4.69) is 20.5 Å². The lowest BCUT2D eigenvalue weighted by Crippen LogP contribution is -2.13. The molecule has 1 heterocycles. The van der Waals surface area contributed by atoms with Gasteiger partial charge in [-0.1, -0.05) is 61.8 Å². The van der Waals surface area contributed by atoms with Gasteiger partial charge in [0.2, 0.25) is 5.78 Å². The Bertz CT molecular complexity index is 844. The standard InChI is InChI=1S/C16H14Cl2N4O2/c1-16(2,3)12-8-11(22-24-12)14(23)15(19-4)21-20-10-7-5-6-9(17)13(10)18/h5-8,20H,1-3H3/b21-15-. The maximum absolute atomic E-state index is 12.3. The molecular formula is C16H14Cl2N4O2. The number of amidine groups is 1. The Morgan fingerprint density at radius 2 is 2.08 bits per heavy atom. The average molecular weight is 365 g/mol. The van der Waals surface area contributed by atoms with Crippen LogP contribution in [0.1, 0.15) is 37.0 Å². The summed E-state index contributed by atoms with van der Waals surface area (Å²) < 4.78 is 5.15. The number of nitrogens with zero attached hydrogens (tertiary/aromatic N) is 3. The average Bonchev–Trinajstić information content (AvgIpc) is 3.01. The van der Waals surface area contributed by atoms with Crippen LogP contribution in [0.3, 0.4) is 0 Å². The summed E-state index contributed by atoms with van der Waals surface area (Å²) in [6, 6.07) is 6.41. The molecule has 0 spiro atoms. The molecule has 24 heavy (non-hydrogen) atoms. The van der Waals surface area contributed by atoms with Crippen LogP contribution in [-0.2, 0) is 5.41 Å². The van der Waals surface area contributed by atoms with Crippen molar-refractivity contribution in [2.75, 3.05) is 5.43 Å². The molecule has 1 N–H and O–H groups in total. The highest BCUT2D eigenvalue weighted by molar-refractivity contribution is 6.48. The van der Waals surface area contributed by atoms with Crippen LogP contribution in [0.2, 0.25) is 10.0 Å². The third-order valence-corrected chi connectivity index (χ3v) is 3.84. The molecule has 8 heteroatoms. The lowest BCUT2D eigenvalue weighted by molar-refractivity contribution is 0.105. The molecular weight excluding hydrogens is 351 g/mol. The minimum Gasteiger partial charge on any atom is -0.360 e. The fourth-order valence-electron chi connectivity index (χ4n) is 1.68. The Kier molecular flexibility index (Phi) is 5.27. The predicted molar refractivity (Wildman–Crippen MR) is 93.7 cm³/mol. The number of anilines is 1. The Morgan fingerprint density at radius 3 is 2.67 bits per heavy atom. The van der Waals surface area contributed by atoms with Gasteiger partial charge in [0.1, 0.15) is 11.5 Å². The maximum atomic E-state index is 12.3. The first-order chi connectivity index (χ1) is 11.2. The van der Waals surface area contributed by atoms with Gasteiger partial charge in [-0.05, 0) is 17.2 Å². The molecule has 0 aliphatic heterocycles. The number of ketones is 1. The van der Waals surface area contributed by atoms with E-state index in [9.17, 15) is 4.79 Å². The van der Waals surface area contributed by atoms with Crippen molar-refractivity contribution in [1.29, 1.82) is 0 Å². The summed E-state index contributed by atoms with van der Waals surface area (Å²) >= 11 is 11.9. The Balaban J connectivity index is 2.25. The number of hydrogen-bond acceptors (Lipinski definition) is 5. The summed E-state index contributed by atoms with van der Waals surface area (Å²) in [6.45, 7) is 12.9. The van der Waals surface area contributed by atoms with E-state index >= 15 is 0 Å². The Labute approximate surface area is 149 Å². The number of aromatic nitrogens is 1. The highest BCUT2D eigenvalue weighted by atomic mass is 35.5. The van der Waals surface area contributed by atoms with Gasteiger partial charge in [0.15, 0.2) is 0 Å². The number of benzene rings is 1. The van der Waals surface area contributed by atoms with Crippen LogP contribution in [0.15, 0.2) is 33.9 Å². The molecule has 0 atom stereocenters. The van der Waals surface area contributed by atoms with Gasteiger partial charge < -0.3 is 9.37 Å². The molecule has 6 nitrogen and oxygen atoms in total. The van der Waals surface area contributed by atoms with Crippen molar-refractivity contribution >= 4 is 40.5 Å². The van der Waals surface area contributed by atoms with Crippen LogP contribution in [0.5, 0.6) is 0 Å². The summed E-state index contributed by atoms with van der Waals surface area (Å²) in [6.07, 6.45) is 0. The smallest absolute Gasteiger partial charge is 0.343 e. The number of Topliss-reactive ketones (excluding diaryl/α,β-unsaturated/α-hetero) is 1. The molecule has 2 aromatic rings. The normalized spacial score (nSPS) is 11.9. The van der Waals surface area contributed by atoms with E-state index in [1.807, 2.05) is 20.8 Å². The second kappa shape index (κ2) is 7.04. The van der Waals surface area contributed by atoms with Gasteiger partial charge in [0.25, 0.3) is 0 Å². The second-order valence-electron chi connectivity index (χ2n) is 5.92. The molecule has 0 aliphatic rings. The predicted octanol–water partition coefficient (Wildman–Crippen LogP) is 4.81. The van der Waals surface area contributed by atoms with Crippen LogP contribution in [0.4, 0.5) is 5.69 Å². The van der Waals surface area contributed by atoms with Crippen molar-refractivity contribution in [1.82, 2.24) is 5.16 Å². The summed E-state index contributed by atoms with van der Waals surface area (Å²) in [4.78, 5) is 15.5. The van der Waals surface area contributed by atoms with Crippen LogP contribution >= 0.6 is 23.2 Å². The summed E-state index contributed by atoms with van der Waals surface area (Å²) in [5.74, 6) is -0.490. The monoisotopic (exact) mass is 364 g/mol. The molecule has 0 aliphatic carbocycles. The molecule has 2 rings (SSSR count). The van der Waals surface area contributed by atoms with E-state index in [4.69, 9.17) is 34.3 Å². The van der Waals surface area contributed by atoms with Crippen LogP contribution < -0.4 is 5.43 Å². The summed E-state index contributed by atoms with van der Waals surface area (Å²) in [5, 5.41) is 8.09. The Morgan fingerprint density at radius 1 is 1.38 bits per heavy atom. The number of halogens is 2. The van der Waals surface area contributed by atoms with E-state index in [1.54, 1.807) is 18.2 Å².